The average Bonchev–Trinajstić information content (AvgIpc) is 3.08. The van der Waals surface area contributed by atoms with E-state index in [9.17, 15) is 9.18 Å². The first kappa shape index (κ1) is 16.0. The summed E-state index contributed by atoms with van der Waals surface area (Å²) in [6.45, 7) is 0.224. The van der Waals surface area contributed by atoms with Gasteiger partial charge in [-0.25, -0.2) is 4.39 Å². The second kappa shape index (κ2) is 6.29. The van der Waals surface area contributed by atoms with Crippen molar-refractivity contribution in [1.29, 1.82) is 0 Å². The quantitative estimate of drug-likeness (QED) is 0.683. The van der Waals surface area contributed by atoms with Crippen molar-refractivity contribution in [3.05, 3.63) is 40.6 Å². The first-order valence-electron chi connectivity index (χ1n) is 6.92. The third-order valence-electron chi connectivity index (χ3n) is 3.31. The predicted molar refractivity (Wildman–Crippen MR) is 88.3 cm³/mol. The van der Waals surface area contributed by atoms with Gasteiger partial charge in [-0.3, -0.25) is 9.48 Å². The van der Waals surface area contributed by atoms with Gasteiger partial charge in [-0.1, -0.05) is 17.3 Å². The van der Waals surface area contributed by atoms with E-state index in [2.05, 4.69) is 16.0 Å². The third kappa shape index (κ3) is 2.81. The number of aryl methyl sites for hydroxylation is 1. The summed E-state index contributed by atoms with van der Waals surface area (Å²) < 4.78 is 22.3. The Kier molecular flexibility index (Phi) is 4.18. The van der Waals surface area contributed by atoms with Gasteiger partial charge in [0.2, 0.25) is 5.88 Å². The molecule has 3 aromatic rings. The zero-order valence-corrected chi connectivity index (χ0v) is 13.8. The molecule has 1 amide bonds. The lowest BCUT2D eigenvalue weighted by Gasteiger charge is -1.99. The number of fused-ring (bicyclic) bond motifs is 1. The summed E-state index contributed by atoms with van der Waals surface area (Å²) >= 11 is 1.19. The molecule has 8 heteroatoms. The predicted octanol–water partition coefficient (Wildman–Crippen LogP) is 1.96. The van der Waals surface area contributed by atoms with Crippen molar-refractivity contribution >= 4 is 27.5 Å². The number of hydrogen-bond donors (Lipinski definition) is 0. The fraction of sp³-hybridized carbons (Fsp3) is 0.188. The highest BCUT2D eigenvalue weighted by molar-refractivity contribution is 7.16. The maximum atomic E-state index is 13.4. The number of carbonyl (C=O) groups is 1. The van der Waals surface area contributed by atoms with Gasteiger partial charge in [-0.15, -0.1) is 11.5 Å². The molecule has 0 fully saturated rings. The molecular formula is C16H13FN4O2S. The Balaban J connectivity index is 2.17. The number of terminal acetylenes is 1. The molecule has 6 nitrogen and oxygen atoms in total. The Hall–Kier alpha value is -2.92. The van der Waals surface area contributed by atoms with E-state index in [1.807, 2.05) is 0 Å². The van der Waals surface area contributed by atoms with E-state index in [1.165, 1.54) is 41.5 Å². The summed E-state index contributed by atoms with van der Waals surface area (Å²) in [6.07, 6.45) is 6.93. The number of carbonyl (C=O) groups excluding carboxylic acids is 1. The number of methoxy groups -OCH3 is 1. The molecule has 0 aliphatic carbocycles. The Morgan fingerprint density at radius 1 is 1.54 bits per heavy atom. The molecule has 1 aromatic carbocycles. The normalized spacial score (nSPS) is 11.7. The minimum Gasteiger partial charge on any atom is -0.479 e. The second-order valence-electron chi connectivity index (χ2n) is 4.93. The number of ether oxygens (including phenoxy) is 1. The van der Waals surface area contributed by atoms with Crippen molar-refractivity contribution in [3.63, 3.8) is 0 Å². The van der Waals surface area contributed by atoms with Crippen LogP contribution in [0.4, 0.5) is 4.39 Å². The van der Waals surface area contributed by atoms with Crippen LogP contribution >= 0.6 is 11.3 Å². The van der Waals surface area contributed by atoms with Crippen LogP contribution in [0.2, 0.25) is 0 Å². The van der Waals surface area contributed by atoms with Crippen molar-refractivity contribution in [2.24, 2.45) is 12.0 Å². The third-order valence-corrected chi connectivity index (χ3v) is 4.35. The maximum absolute atomic E-state index is 13.4. The van der Waals surface area contributed by atoms with Gasteiger partial charge < -0.3 is 9.30 Å². The van der Waals surface area contributed by atoms with E-state index in [1.54, 1.807) is 17.7 Å². The Morgan fingerprint density at radius 3 is 3.04 bits per heavy atom. The highest BCUT2D eigenvalue weighted by atomic mass is 32.1. The Bertz CT molecular complexity index is 1040. The molecule has 0 saturated heterocycles. The number of nitrogens with zero attached hydrogens (tertiary/aromatic N) is 4. The lowest BCUT2D eigenvalue weighted by molar-refractivity contribution is 0.0995. The summed E-state index contributed by atoms with van der Waals surface area (Å²) in [7, 11) is 3.11. The molecule has 2 heterocycles. The molecule has 24 heavy (non-hydrogen) atoms. The number of hydrogen-bond acceptors (Lipinski definition) is 4. The first-order chi connectivity index (χ1) is 11.5. The van der Waals surface area contributed by atoms with Crippen LogP contribution in [0, 0.1) is 18.2 Å². The van der Waals surface area contributed by atoms with Crippen LogP contribution in [0.15, 0.2) is 29.4 Å². The number of thiazole rings is 1. The largest absolute Gasteiger partial charge is 0.479 e. The fourth-order valence-corrected chi connectivity index (χ4v) is 3.34. The SMILES string of the molecule is C#CCn1c(=NC(=O)c2cn(C)nc2OC)sc2cc(F)ccc21. The molecule has 0 radical (unpaired) electrons. The van der Waals surface area contributed by atoms with Crippen LogP contribution in [0.1, 0.15) is 10.4 Å². The zero-order chi connectivity index (χ0) is 17.3. The summed E-state index contributed by atoms with van der Waals surface area (Å²) in [5.41, 5.74) is 0.972. The highest BCUT2D eigenvalue weighted by Crippen LogP contribution is 2.19. The smallest absolute Gasteiger partial charge is 0.286 e. The molecule has 2 aromatic heterocycles. The van der Waals surface area contributed by atoms with Crippen LogP contribution in [0.3, 0.4) is 0 Å². The molecule has 0 bridgehead atoms. The van der Waals surface area contributed by atoms with Crippen molar-refractivity contribution in [2.45, 2.75) is 6.54 Å². The monoisotopic (exact) mass is 344 g/mol. The number of amides is 1. The highest BCUT2D eigenvalue weighted by Gasteiger charge is 2.16. The van der Waals surface area contributed by atoms with Gasteiger partial charge in [-0.05, 0) is 18.2 Å². The van der Waals surface area contributed by atoms with E-state index in [0.717, 1.165) is 5.52 Å². The van der Waals surface area contributed by atoms with Crippen LogP contribution in [-0.4, -0.2) is 27.4 Å². The molecule has 0 atom stereocenters. The minimum absolute atomic E-state index is 0.196. The summed E-state index contributed by atoms with van der Waals surface area (Å²) in [5, 5.41) is 4.03. The number of aromatic nitrogens is 3. The molecule has 0 aliphatic rings. The molecular weight excluding hydrogens is 331 g/mol. The average molecular weight is 344 g/mol. The molecule has 0 unspecified atom stereocenters. The van der Waals surface area contributed by atoms with Gasteiger partial charge in [0.15, 0.2) is 4.80 Å². The lowest BCUT2D eigenvalue weighted by Crippen LogP contribution is -2.16. The summed E-state index contributed by atoms with van der Waals surface area (Å²) in [6, 6.07) is 4.35. The van der Waals surface area contributed by atoms with Crippen LogP contribution < -0.4 is 9.54 Å². The maximum Gasteiger partial charge on any atom is 0.286 e. The van der Waals surface area contributed by atoms with E-state index >= 15 is 0 Å². The topological polar surface area (TPSA) is 61.4 Å². The van der Waals surface area contributed by atoms with Gasteiger partial charge >= 0.3 is 0 Å². The minimum atomic E-state index is -0.502. The van der Waals surface area contributed by atoms with Gasteiger partial charge in [0, 0.05) is 13.2 Å². The van der Waals surface area contributed by atoms with Crippen LogP contribution in [-0.2, 0) is 13.6 Å². The molecule has 0 aliphatic heterocycles. The van der Waals surface area contributed by atoms with Crippen LogP contribution in [0.25, 0.3) is 10.2 Å². The molecule has 0 saturated carbocycles. The van der Waals surface area contributed by atoms with Crippen molar-refractivity contribution in [1.82, 2.24) is 14.3 Å². The van der Waals surface area contributed by atoms with E-state index in [4.69, 9.17) is 11.2 Å². The fourth-order valence-electron chi connectivity index (χ4n) is 2.29. The van der Waals surface area contributed by atoms with Gasteiger partial charge in [0.05, 0.1) is 23.9 Å². The number of benzene rings is 1. The standard InChI is InChI=1S/C16H13FN4O2S/c1-4-7-21-12-6-5-10(17)8-13(12)24-16(21)18-14(22)11-9-20(2)19-15(11)23-3/h1,5-6,8-9H,7H2,2-3H3. The molecule has 122 valence electrons. The lowest BCUT2D eigenvalue weighted by atomic mass is 10.3. The van der Waals surface area contributed by atoms with Crippen molar-refractivity contribution in [2.75, 3.05) is 7.11 Å². The van der Waals surface area contributed by atoms with Crippen LogP contribution in [0.5, 0.6) is 5.88 Å². The van der Waals surface area contributed by atoms with Gasteiger partial charge in [0.25, 0.3) is 5.91 Å². The van der Waals surface area contributed by atoms with Gasteiger partial charge in [0.1, 0.15) is 11.4 Å². The second-order valence-corrected chi connectivity index (χ2v) is 5.94. The summed E-state index contributed by atoms with van der Waals surface area (Å²) in [5.74, 6) is 1.86. The van der Waals surface area contributed by atoms with E-state index < -0.39 is 5.91 Å². The summed E-state index contributed by atoms with van der Waals surface area (Å²) in [4.78, 5) is 17.0. The number of halogens is 1. The van der Waals surface area contributed by atoms with E-state index in [0.29, 0.717) is 9.50 Å². The Labute approximate surface area is 140 Å². The first-order valence-corrected chi connectivity index (χ1v) is 7.74. The van der Waals surface area contributed by atoms with Crippen molar-refractivity contribution in [3.8, 4) is 18.2 Å². The van der Waals surface area contributed by atoms with Crippen molar-refractivity contribution < 1.29 is 13.9 Å². The molecule has 0 spiro atoms. The Morgan fingerprint density at radius 2 is 2.33 bits per heavy atom. The molecule has 0 N–H and O–H groups in total. The number of rotatable bonds is 3. The van der Waals surface area contributed by atoms with Gasteiger partial charge in [-0.2, -0.15) is 4.99 Å². The molecule has 3 rings (SSSR count). The van der Waals surface area contributed by atoms with E-state index in [-0.39, 0.29) is 23.8 Å². The zero-order valence-electron chi connectivity index (χ0n) is 13.0.